The predicted molar refractivity (Wildman–Crippen MR) is 84.4 cm³/mol. The van der Waals surface area contributed by atoms with Gasteiger partial charge >= 0.3 is 0 Å². The molecule has 2 nitrogen and oxygen atoms in total. The zero-order chi connectivity index (χ0) is 15.4. The minimum Gasteiger partial charge on any atom is -0.488 e. The molecule has 112 valence electrons. The number of rotatable bonds is 5. The van der Waals surface area contributed by atoms with Crippen LogP contribution in [0.4, 0.5) is 4.39 Å². The normalized spacial score (nSPS) is 10.7. The van der Waals surface area contributed by atoms with E-state index in [1.165, 1.54) is 17.7 Å². The molecule has 2 aromatic rings. The van der Waals surface area contributed by atoms with Crippen LogP contribution in [0.2, 0.25) is 5.02 Å². The monoisotopic (exact) mass is 307 g/mol. The molecule has 0 aliphatic heterocycles. The lowest BCUT2D eigenvalue weighted by Gasteiger charge is -2.15. The molecule has 0 aliphatic rings. The molecule has 2 rings (SSSR count). The highest BCUT2D eigenvalue weighted by Gasteiger charge is 2.09. The zero-order valence-corrected chi connectivity index (χ0v) is 13.2. The lowest BCUT2D eigenvalue weighted by Crippen LogP contribution is -2.07. The van der Waals surface area contributed by atoms with Crippen LogP contribution < -0.4 is 10.1 Å². The molecule has 0 spiro atoms. The third-order valence-electron chi connectivity index (χ3n) is 3.28. The standard InChI is InChI=1S/C17H19ClFNO/c1-11-6-13(9-20-3)7-12(2)17(11)21-10-14-8-15(19)4-5-16(14)18/h4-8,20H,9-10H2,1-3H3. The summed E-state index contributed by atoms with van der Waals surface area (Å²) in [6, 6.07) is 8.47. The van der Waals surface area contributed by atoms with Crippen LogP contribution in [0.1, 0.15) is 22.3 Å². The highest BCUT2D eigenvalue weighted by atomic mass is 35.5. The van der Waals surface area contributed by atoms with Crippen molar-refractivity contribution in [1.29, 1.82) is 0 Å². The Morgan fingerprint density at radius 1 is 1.14 bits per heavy atom. The van der Waals surface area contributed by atoms with Gasteiger partial charge in [0.15, 0.2) is 0 Å². The average molecular weight is 308 g/mol. The number of ether oxygens (including phenoxy) is 1. The first-order valence-electron chi connectivity index (χ1n) is 6.82. The highest BCUT2D eigenvalue weighted by molar-refractivity contribution is 6.31. The zero-order valence-electron chi connectivity index (χ0n) is 12.5. The second-order valence-electron chi connectivity index (χ2n) is 5.11. The molecule has 0 bridgehead atoms. The van der Waals surface area contributed by atoms with Crippen LogP contribution in [0, 0.1) is 19.7 Å². The van der Waals surface area contributed by atoms with Crippen molar-refractivity contribution in [2.45, 2.75) is 27.0 Å². The minimum absolute atomic E-state index is 0.254. The molecular weight excluding hydrogens is 289 g/mol. The van der Waals surface area contributed by atoms with Gasteiger partial charge in [-0.1, -0.05) is 23.7 Å². The molecule has 0 unspecified atom stereocenters. The van der Waals surface area contributed by atoms with Gasteiger partial charge in [0.1, 0.15) is 18.2 Å². The third-order valence-corrected chi connectivity index (χ3v) is 3.65. The van der Waals surface area contributed by atoms with Gasteiger partial charge in [-0.3, -0.25) is 0 Å². The average Bonchev–Trinajstić information content (AvgIpc) is 2.42. The van der Waals surface area contributed by atoms with Crippen molar-refractivity contribution >= 4 is 11.6 Å². The van der Waals surface area contributed by atoms with Gasteiger partial charge in [-0.25, -0.2) is 4.39 Å². The van der Waals surface area contributed by atoms with E-state index in [4.69, 9.17) is 16.3 Å². The molecule has 1 N–H and O–H groups in total. The SMILES string of the molecule is CNCc1cc(C)c(OCc2cc(F)ccc2Cl)c(C)c1. The molecule has 0 aromatic heterocycles. The Kier molecular flexibility index (Phi) is 5.21. The maximum atomic E-state index is 13.2. The van der Waals surface area contributed by atoms with Crippen LogP contribution in [-0.2, 0) is 13.2 Å². The van der Waals surface area contributed by atoms with E-state index < -0.39 is 0 Å². The van der Waals surface area contributed by atoms with E-state index in [9.17, 15) is 4.39 Å². The molecule has 21 heavy (non-hydrogen) atoms. The van der Waals surface area contributed by atoms with Gasteiger partial charge in [0.05, 0.1) is 0 Å². The molecule has 0 heterocycles. The highest BCUT2D eigenvalue weighted by Crippen LogP contribution is 2.27. The second-order valence-corrected chi connectivity index (χ2v) is 5.52. The van der Waals surface area contributed by atoms with Gasteiger partial charge in [-0.05, 0) is 55.8 Å². The van der Waals surface area contributed by atoms with Crippen LogP contribution in [0.5, 0.6) is 5.75 Å². The van der Waals surface area contributed by atoms with Gasteiger partial charge in [-0.2, -0.15) is 0 Å². The molecule has 4 heteroatoms. The molecule has 2 aromatic carbocycles. The largest absolute Gasteiger partial charge is 0.488 e. The Bertz CT molecular complexity index is 620. The number of aryl methyl sites for hydroxylation is 2. The summed E-state index contributed by atoms with van der Waals surface area (Å²) in [7, 11) is 1.92. The first-order valence-corrected chi connectivity index (χ1v) is 7.20. The predicted octanol–water partition coefficient (Wildman–Crippen LogP) is 4.39. The Balaban J connectivity index is 2.18. The smallest absolute Gasteiger partial charge is 0.125 e. The molecule has 0 saturated carbocycles. The molecule has 0 atom stereocenters. The van der Waals surface area contributed by atoms with Gasteiger partial charge in [0.25, 0.3) is 0 Å². The first kappa shape index (κ1) is 15.8. The van der Waals surface area contributed by atoms with E-state index in [0.717, 1.165) is 23.4 Å². The van der Waals surface area contributed by atoms with Crippen molar-refractivity contribution in [3.63, 3.8) is 0 Å². The molecular formula is C17H19ClFNO. The van der Waals surface area contributed by atoms with E-state index in [0.29, 0.717) is 10.6 Å². The van der Waals surface area contributed by atoms with Crippen molar-refractivity contribution in [3.8, 4) is 5.75 Å². The summed E-state index contributed by atoms with van der Waals surface area (Å²) < 4.78 is 19.1. The fourth-order valence-electron chi connectivity index (χ4n) is 2.38. The lowest BCUT2D eigenvalue weighted by atomic mass is 10.1. The van der Waals surface area contributed by atoms with Gasteiger partial charge in [-0.15, -0.1) is 0 Å². The van der Waals surface area contributed by atoms with Crippen LogP contribution in [0.25, 0.3) is 0 Å². The quantitative estimate of drug-likeness (QED) is 0.884. The van der Waals surface area contributed by atoms with Gasteiger partial charge in [0, 0.05) is 17.1 Å². The van der Waals surface area contributed by atoms with Gasteiger partial charge in [0.2, 0.25) is 0 Å². The van der Waals surface area contributed by atoms with Crippen LogP contribution in [0.3, 0.4) is 0 Å². The summed E-state index contributed by atoms with van der Waals surface area (Å²) in [5.41, 5.74) is 3.99. The maximum absolute atomic E-state index is 13.2. The summed E-state index contributed by atoms with van der Waals surface area (Å²) >= 11 is 6.05. The van der Waals surface area contributed by atoms with Crippen molar-refractivity contribution in [3.05, 3.63) is 63.4 Å². The van der Waals surface area contributed by atoms with Crippen molar-refractivity contribution in [1.82, 2.24) is 5.32 Å². The number of hydrogen-bond acceptors (Lipinski definition) is 2. The van der Waals surface area contributed by atoms with Crippen molar-refractivity contribution in [2.24, 2.45) is 0 Å². The van der Waals surface area contributed by atoms with Crippen LogP contribution in [0.15, 0.2) is 30.3 Å². The molecule has 0 amide bonds. The number of benzene rings is 2. The molecule has 0 fully saturated rings. The summed E-state index contributed by atoms with van der Waals surface area (Å²) in [5, 5.41) is 3.64. The summed E-state index contributed by atoms with van der Waals surface area (Å²) in [4.78, 5) is 0. The van der Waals surface area contributed by atoms with Crippen molar-refractivity contribution in [2.75, 3.05) is 7.05 Å². The summed E-state index contributed by atoms with van der Waals surface area (Å²) in [5.74, 6) is 0.519. The Hall–Kier alpha value is -1.58. The van der Waals surface area contributed by atoms with Crippen LogP contribution in [-0.4, -0.2) is 7.05 Å². The Morgan fingerprint density at radius 3 is 2.43 bits per heavy atom. The molecule has 0 saturated heterocycles. The van der Waals surface area contributed by atoms with E-state index >= 15 is 0 Å². The van der Waals surface area contributed by atoms with Crippen LogP contribution >= 0.6 is 11.6 Å². The van der Waals surface area contributed by atoms with Crippen molar-refractivity contribution < 1.29 is 9.13 Å². The topological polar surface area (TPSA) is 21.3 Å². The number of nitrogens with one attached hydrogen (secondary N) is 1. The fraction of sp³-hybridized carbons (Fsp3) is 0.294. The van der Waals surface area contributed by atoms with E-state index in [-0.39, 0.29) is 12.4 Å². The van der Waals surface area contributed by atoms with Gasteiger partial charge < -0.3 is 10.1 Å². The Labute approximate surface area is 129 Å². The molecule has 0 radical (unpaired) electrons. The second kappa shape index (κ2) is 6.92. The van der Waals surface area contributed by atoms with E-state index in [1.807, 2.05) is 20.9 Å². The number of halogens is 2. The van der Waals surface area contributed by atoms with E-state index in [1.54, 1.807) is 6.07 Å². The maximum Gasteiger partial charge on any atom is 0.125 e. The summed E-state index contributed by atoms with van der Waals surface area (Å²) in [6.45, 7) is 5.09. The van der Waals surface area contributed by atoms with E-state index in [2.05, 4.69) is 17.4 Å². The minimum atomic E-state index is -0.309. The number of hydrogen-bond donors (Lipinski definition) is 1. The summed E-state index contributed by atoms with van der Waals surface area (Å²) in [6.07, 6.45) is 0. The fourth-order valence-corrected chi connectivity index (χ4v) is 2.55. The molecule has 0 aliphatic carbocycles. The Morgan fingerprint density at radius 2 is 1.81 bits per heavy atom. The third kappa shape index (κ3) is 3.96. The first-order chi connectivity index (χ1) is 10.0. The lowest BCUT2D eigenvalue weighted by molar-refractivity contribution is 0.301.